The molecule has 0 aromatic carbocycles. The molecule has 13 heavy (non-hydrogen) atoms. The summed E-state index contributed by atoms with van der Waals surface area (Å²) in [4.78, 5) is 4.85. The van der Waals surface area contributed by atoms with Crippen LogP contribution in [-0.4, -0.2) is 61.3 Å². The van der Waals surface area contributed by atoms with Gasteiger partial charge in [0, 0.05) is 32.2 Å². The van der Waals surface area contributed by atoms with Crippen LogP contribution in [0.4, 0.5) is 0 Å². The highest BCUT2D eigenvalue weighted by Gasteiger charge is 2.46. The maximum absolute atomic E-state index is 5.87. The van der Waals surface area contributed by atoms with E-state index in [9.17, 15) is 0 Å². The highest BCUT2D eigenvalue weighted by atomic mass is 16.5. The van der Waals surface area contributed by atoms with Gasteiger partial charge in [-0.15, -0.1) is 0 Å². The average Bonchev–Trinajstić information content (AvgIpc) is 1.99. The minimum absolute atomic E-state index is 0.178. The molecule has 0 unspecified atom stereocenters. The lowest BCUT2D eigenvalue weighted by molar-refractivity contribution is -0.186. The van der Waals surface area contributed by atoms with E-state index in [0.717, 1.165) is 32.8 Å². The van der Waals surface area contributed by atoms with E-state index in [-0.39, 0.29) is 5.60 Å². The molecule has 3 nitrogen and oxygen atoms in total. The van der Waals surface area contributed by atoms with Crippen LogP contribution < -0.4 is 0 Å². The first-order valence-electron chi connectivity index (χ1n) is 5.18. The molecule has 0 saturated carbocycles. The van der Waals surface area contributed by atoms with Gasteiger partial charge >= 0.3 is 0 Å². The summed E-state index contributed by atoms with van der Waals surface area (Å²) in [7, 11) is 2.18. The summed E-state index contributed by atoms with van der Waals surface area (Å²) < 4.78 is 5.87. The van der Waals surface area contributed by atoms with Crippen LogP contribution in [0.1, 0.15) is 13.8 Å². The molecule has 0 amide bonds. The molecule has 0 aromatic heterocycles. The molecule has 0 atom stereocenters. The lowest BCUT2D eigenvalue weighted by Crippen LogP contribution is -2.70. The average molecular weight is 184 g/mol. The Bertz CT molecular complexity index is 187. The fourth-order valence-corrected chi connectivity index (χ4v) is 2.28. The molecule has 2 saturated heterocycles. The second-order valence-electron chi connectivity index (χ2n) is 4.77. The minimum Gasteiger partial charge on any atom is -0.370 e. The zero-order chi connectivity index (χ0) is 9.47. The van der Waals surface area contributed by atoms with Crippen molar-refractivity contribution in [1.29, 1.82) is 0 Å². The third-order valence-corrected chi connectivity index (χ3v) is 3.15. The number of nitrogens with zero attached hydrogens (tertiary/aromatic N) is 2. The molecule has 0 aromatic rings. The second kappa shape index (κ2) is 3.23. The van der Waals surface area contributed by atoms with Gasteiger partial charge in [0.05, 0.1) is 6.61 Å². The Morgan fingerprint density at radius 3 is 2.46 bits per heavy atom. The number of likely N-dealkylation sites (N-methyl/N-ethyl adjacent to an activating group) is 1. The molecular formula is C10H20N2O. The van der Waals surface area contributed by atoms with Gasteiger partial charge < -0.3 is 9.64 Å². The Kier molecular flexibility index (Phi) is 2.34. The number of rotatable bonds is 1. The Hall–Kier alpha value is -0.120. The first kappa shape index (κ1) is 9.44. The monoisotopic (exact) mass is 184 g/mol. The van der Waals surface area contributed by atoms with Crippen molar-refractivity contribution in [1.82, 2.24) is 9.80 Å². The zero-order valence-corrected chi connectivity index (χ0v) is 8.92. The summed E-state index contributed by atoms with van der Waals surface area (Å²) in [5.74, 6) is 0. The van der Waals surface area contributed by atoms with E-state index in [2.05, 4.69) is 30.7 Å². The van der Waals surface area contributed by atoms with Crippen molar-refractivity contribution in [2.24, 2.45) is 0 Å². The van der Waals surface area contributed by atoms with E-state index in [1.54, 1.807) is 0 Å². The van der Waals surface area contributed by atoms with Crippen LogP contribution in [-0.2, 0) is 4.74 Å². The van der Waals surface area contributed by atoms with E-state index < -0.39 is 0 Å². The van der Waals surface area contributed by atoms with E-state index in [4.69, 9.17) is 4.74 Å². The van der Waals surface area contributed by atoms with Crippen molar-refractivity contribution in [3.05, 3.63) is 0 Å². The summed E-state index contributed by atoms with van der Waals surface area (Å²) in [6, 6.07) is 0.668. The molecule has 1 spiro atoms. The van der Waals surface area contributed by atoms with Crippen LogP contribution in [0.2, 0.25) is 0 Å². The Morgan fingerprint density at radius 2 is 1.92 bits per heavy atom. The molecule has 2 rings (SSSR count). The van der Waals surface area contributed by atoms with Gasteiger partial charge in [0.15, 0.2) is 0 Å². The van der Waals surface area contributed by atoms with Gasteiger partial charge in [-0.3, -0.25) is 4.90 Å². The van der Waals surface area contributed by atoms with Gasteiger partial charge in [0.25, 0.3) is 0 Å². The quantitative estimate of drug-likeness (QED) is 0.587. The maximum atomic E-state index is 5.87. The molecule has 0 bridgehead atoms. The smallest absolute Gasteiger partial charge is 0.106 e. The number of likely N-dealkylation sites (tertiary alicyclic amines) is 1. The van der Waals surface area contributed by atoms with Gasteiger partial charge in [-0.25, -0.2) is 0 Å². The largest absolute Gasteiger partial charge is 0.370 e. The third-order valence-electron chi connectivity index (χ3n) is 3.15. The molecule has 76 valence electrons. The predicted molar refractivity (Wildman–Crippen MR) is 52.9 cm³/mol. The van der Waals surface area contributed by atoms with Crippen LogP contribution in [0.15, 0.2) is 0 Å². The van der Waals surface area contributed by atoms with Crippen LogP contribution in [0.25, 0.3) is 0 Å². The summed E-state index contributed by atoms with van der Waals surface area (Å²) in [5.41, 5.74) is 0.178. The van der Waals surface area contributed by atoms with E-state index in [1.807, 2.05) is 0 Å². The van der Waals surface area contributed by atoms with Crippen molar-refractivity contribution in [2.75, 3.05) is 39.8 Å². The standard InChI is InChI=1S/C10H20N2O/c1-9(2)12-7-10(8-12)6-11(3)4-5-13-10/h9H,4-8H2,1-3H3. The third kappa shape index (κ3) is 1.73. The van der Waals surface area contributed by atoms with Crippen molar-refractivity contribution in [3.63, 3.8) is 0 Å². The predicted octanol–water partition coefficient (Wildman–Crippen LogP) is 0.411. The lowest BCUT2D eigenvalue weighted by Gasteiger charge is -2.55. The summed E-state index contributed by atoms with van der Waals surface area (Å²) in [5, 5.41) is 0. The number of hydrogen-bond donors (Lipinski definition) is 0. The zero-order valence-electron chi connectivity index (χ0n) is 8.92. The van der Waals surface area contributed by atoms with E-state index in [1.165, 1.54) is 0 Å². The minimum atomic E-state index is 0.178. The summed E-state index contributed by atoms with van der Waals surface area (Å²) in [6.45, 7) is 9.84. The van der Waals surface area contributed by atoms with Gasteiger partial charge in [0.2, 0.25) is 0 Å². The molecule has 0 N–H and O–H groups in total. The number of hydrogen-bond acceptors (Lipinski definition) is 3. The first-order valence-corrected chi connectivity index (χ1v) is 5.18. The molecule has 2 aliphatic heterocycles. The first-order chi connectivity index (χ1) is 6.11. The molecular weight excluding hydrogens is 164 g/mol. The molecule has 0 aliphatic carbocycles. The van der Waals surface area contributed by atoms with Crippen molar-refractivity contribution in [3.8, 4) is 0 Å². The molecule has 0 radical (unpaired) electrons. The van der Waals surface area contributed by atoms with Gasteiger partial charge in [0.1, 0.15) is 5.60 Å². The van der Waals surface area contributed by atoms with Crippen molar-refractivity contribution >= 4 is 0 Å². The van der Waals surface area contributed by atoms with E-state index in [0.29, 0.717) is 6.04 Å². The van der Waals surface area contributed by atoms with Crippen LogP contribution in [0.3, 0.4) is 0 Å². The molecule has 2 aliphatic rings. The van der Waals surface area contributed by atoms with Gasteiger partial charge in [-0.05, 0) is 20.9 Å². The summed E-state index contributed by atoms with van der Waals surface area (Å²) >= 11 is 0. The second-order valence-corrected chi connectivity index (χ2v) is 4.77. The van der Waals surface area contributed by atoms with Crippen LogP contribution in [0, 0.1) is 0 Å². The van der Waals surface area contributed by atoms with Crippen LogP contribution in [0.5, 0.6) is 0 Å². The van der Waals surface area contributed by atoms with Gasteiger partial charge in [-0.1, -0.05) is 0 Å². The lowest BCUT2D eigenvalue weighted by atomic mass is 9.90. The molecule has 2 heterocycles. The van der Waals surface area contributed by atoms with Crippen molar-refractivity contribution in [2.45, 2.75) is 25.5 Å². The Morgan fingerprint density at radius 1 is 1.23 bits per heavy atom. The normalized spacial score (nSPS) is 29.5. The van der Waals surface area contributed by atoms with Crippen LogP contribution >= 0.6 is 0 Å². The Balaban J connectivity index is 1.88. The number of morpholine rings is 1. The Labute approximate surface area is 80.6 Å². The highest BCUT2D eigenvalue weighted by Crippen LogP contribution is 2.29. The number of ether oxygens (including phenoxy) is 1. The summed E-state index contributed by atoms with van der Waals surface area (Å²) in [6.07, 6.45) is 0. The van der Waals surface area contributed by atoms with Gasteiger partial charge in [-0.2, -0.15) is 0 Å². The fourth-order valence-electron chi connectivity index (χ4n) is 2.28. The SMILES string of the molecule is CC(C)N1CC2(CN(C)CCO2)C1. The van der Waals surface area contributed by atoms with E-state index >= 15 is 0 Å². The molecule has 3 heteroatoms. The fraction of sp³-hybridized carbons (Fsp3) is 1.00. The maximum Gasteiger partial charge on any atom is 0.106 e. The highest BCUT2D eigenvalue weighted by molar-refractivity contribution is 5.01. The molecule has 2 fully saturated rings. The topological polar surface area (TPSA) is 15.7 Å². The van der Waals surface area contributed by atoms with Crippen molar-refractivity contribution < 1.29 is 4.74 Å².